The molecule has 0 radical (unpaired) electrons. The first-order chi connectivity index (χ1) is 68.8. The summed E-state index contributed by atoms with van der Waals surface area (Å²) in [5, 5.41) is 0. The van der Waals surface area contributed by atoms with Gasteiger partial charge in [-0.2, -0.15) is 0 Å². The monoisotopic (exact) mass is 1830 g/mol. The summed E-state index contributed by atoms with van der Waals surface area (Å²) in [4.78, 5) is 2.42. The topological polar surface area (TPSA) is 3.24 Å². The van der Waals surface area contributed by atoms with E-state index in [2.05, 4.69) is 591 Å². The van der Waals surface area contributed by atoms with Crippen LogP contribution < -0.4 is 4.90 Å². The molecule has 0 atom stereocenters. The largest absolute Gasteiger partial charge is 0.310 e. The maximum absolute atomic E-state index is 3.67. The fourth-order valence-electron chi connectivity index (χ4n) is 23.4. The summed E-state index contributed by atoms with van der Waals surface area (Å²) in [6.45, 7) is 0. The number of hydrogen-bond donors (Lipinski definition) is 0. The maximum Gasteiger partial charge on any atom is 0.0713 e. The lowest BCUT2D eigenvalue weighted by Gasteiger charge is -2.34. The summed E-state index contributed by atoms with van der Waals surface area (Å²) < 4.78 is 1.11. The van der Waals surface area contributed by atoms with Crippen molar-refractivity contribution < 1.29 is 0 Å². The molecule has 139 heavy (non-hydrogen) atoms. The number of benzene rings is 22. The van der Waals surface area contributed by atoms with E-state index in [0.717, 1.165) is 28.0 Å². The molecule has 0 N–H and O–H groups in total. The quantitative estimate of drug-likeness (QED) is 0.0878. The molecule has 0 saturated heterocycles. The van der Waals surface area contributed by atoms with Gasteiger partial charge in [0.15, 0.2) is 0 Å². The molecule has 0 saturated carbocycles. The molecule has 1 nitrogen and oxygen atoms in total. The Balaban J connectivity index is 0.000000127. The molecule has 0 unspecified atom stereocenters. The van der Waals surface area contributed by atoms with E-state index in [4.69, 9.17) is 0 Å². The third-order valence-electron chi connectivity index (χ3n) is 29.5. The molecule has 0 aliphatic heterocycles. The standard InChI is InChI=1S/C68H47N.C44H32.C25H17Br/c1-6-20-48(21-7-1)49-34-39-56(40-35-49)69(58-43-45-65-62(47-58)60-31-17-19-33-64(60)67(65,52-22-8-2-9-23-52)53-24-10-3-11-25-53)57-41-36-50(37-42-57)51-38-44-61-59-30-16-18-32-63(59)68(66(61)46-51,54-26-12-4-13-27-54)55-28-14-5-15-29-55;1-4-12-34(13-5-1)35-24-20-32(21-25-35)30-33-22-26-36(27-23-33)37-28-29-41-40-18-10-11-19-42(40)44(43(41)31-37,38-14-6-2-7-15-38)39-16-8-3-9-17-39;26-20-15-16-24-22(17-20)21-13-7-8-14-23(21)25(24,18-9-3-1-4-10-18)19-11-5-2-6-12-19/h1-47H;1-29,31H,30H2;1-17H. The summed E-state index contributed by atoms with van der Waals surface area (Å²) in [5.74, 6) is 0. The van der Waals surface area contributed by atoms with E-state index in [1.54, 1.807) is 0 Å². The van der Waals surface area contributed by atoms with Crippen molar-refractivity contribution in [3.8, 4) is 89.0 Å². The molecule has 0 heterocycles. The van der Waals surface area contributed by atoms with E-state index in [0.29, 0.717) is 0 Å². The number of halogens is 1. The molecule has 2 heteroatoms. The Hall–Kier alpha value is -16.9. The molecular weight excluding hydrogens is 1740 g/mol. The first-order valence-corrected chi connectivity index (χ1v) is 49.0. The number of rotatable bonds is 17. The van der Waals surface area contributed by atoms with Gasteiger partial charge in [0.05, 0.1) is 21.7 Å². The van der Waals surface area contributed by atoms with Crippen LogP contribution in [0.2, 0.25) is 0 Å². The fourth-order valence-corrected chi connectivity index (χ4v) is 23.8. The first kappa shape index (κ1) is 85.1. The van der Waals surface area contributed by atoms with Gasteiger partial charge in [0, 0.05) is 21.5 Å². The van der Waals surface area contributed by atoms with Crippen LogP contribution in [0, 0.1) is 0 Å². The van der Waals surface area contributed by atoms with Crippen LogP contribution in [0.25, 0.3) is 89.0 Å². The van der Waals surface area contributed by atoms with Gasteiger partial charge >= 0.3 is 0 Å². The van der Waals surface area contributed by atoms with Crippen molar-refractivity contribution in [2.45, 2.75) is 28.1 Å². The van der Waals surface area contributed by atoms with E-state index in [1.165, 1.54) is 189 Å². The van der Waals surface area contributed by atoms with Crippen LogP contribution >= 0.6 is 15.9 Å². The number of anilines is 3. The van der Waals surface area contributed by atoms with Gasteiger partial charge in [-0.15, -0.1) is 0 Å². The summed E-state index contributed by atoms with van der Waals surface area (Å²) in [5.41, 5.74) is 45.3. The van der Waals surface area contributed by atoms with Crippen LogP contribution in [0.4, 0.5) is 17.1 Å². The average molecular weight is 1840 g/mol. The highest BCUT2D eigenvalue weighted by Gasteiger charge is 2.51. The second kappa shape index (κ2) is 36.4. The molecule has 4 aliphatic rings. The van der Waals surface area contributed by atoms with Crippen molar-refractivity contribution in [1.82, 2.24) is 0 Å². The van der Waals surface area contributed by atoms with Gasteiger partial charge in [-0.25, -0.2) is 0 Å². The van der Waals surface area contributed by atoms with Gasteiger partial charge in [0.1, 0.15) is 0 Å². The van der Waals surface area contributed by atoms with E-state index in [1.807, 2.05) is 0 Å². The number of nitrogens with zero attached hydrogens (tertiary/aromatic N) is 1. The molecule has 0 bridgehead atoms. The molecule has 22 aromatic carbocycles. The molecule has 0 amide bonds. The Morgan fingerprint density at radius 3 is 0.662 bits per heavy atom. The van der Waals surface area contributed by atoms with Crippen LogP contribution in [0.5, 0.6) is 0 Å². The van der Waals surface area contributed by atoms with Crippen molar-refractivity contribution in [3.05, 3.63) is 675 Å². The zero-order valence-corrected chi connectivity index (χ0v) is 78.4. The van der Waals surface area contributed by atoms with Gasteiger partial charge in [-0.05, 0) is 256 Å². The number of fused-ring (bicyclic) bond motifs is 12. The molecule has 4 aliphatic carbocycles. The minimum Gasteiger partial charge on any atom is -0.310 e. The van der Waals surface area contributed by atoms with Crippen LogP contribution in [0.3, 0.4) is 0 Å². The van der Waals surface area contributed by atoms with Gasteiger partial charge in [-0.3, -0.25) is 0 Å². The van der Waals surface area contributed by atoms with Crippen molar-refractivity contribution >= 4 is 33.0 Å². The highest BCUT2D eigenvalue weighted by atomic mass is 79.9. The minimum atomic E-state index is -0.466. The summed E-state index contributed by atoms with van der Waals surface area (Å²) >= 11 is 3.67. The Kier molecular flexibility index (Phi) is 22.3. The average Bonchev–Trinajstić information content (AvgIpc) is 1.56. The van der Waals surface area contributed by atoms with Crippen LogP contribution in [-0.4, -0.2) is 0 Å². The highest BCUT2D eigenvalue weighted by Crippen LogP contribution is 2.62. The van der Waals surface area contributed by atoms with Crippen LogP contribution in [0.15, 0.2) is 575 Å². The lowest BCUT2D eigenvalue weighted by atomic mass is 9.67. The summed E-state index contributed by atoms with van der Waals surface area (Å²) in [7, 11) is 0. The van der Waals surface area contributed by atoms with Gasteiger partial charge in [0.25, 0.3) is 0 Å². The third kappa shape index (κ3) is 14.6. The highest BCUT2D eigenvalue weighted by molar-refractivity contribution is 9.10. The summed E-state index contributed by atoms with van der Waals surface area (Å²) in [6.07, 6.45) is 0.917. The van der Waals surface area contributed by atoms with Crippen molar-refractivity contribution in [2.24, 2.45) is 0 Å². The van der Waals surface area contributed by atoms with Crippen LogP contribution in [-0.2, 0) is 28.1 Å². The van der Waals surface area contributed by atoms with Crippen molar-refractivity contribution in [1.29, 1.82) is 0 Å². The Morgan fingerprint density at radius 1 is 0.144 bits per heavy atom. The minimum absolute atomic E-state index is 0.283. The SMILES string of the molecule is Brc1ccc2c(c1)-c1ccccc1C2(c1ccccc1)c1ccccc1.c1ccc(-c2ccc(Cc3ccc(-c4ccc5c(c4)C(c4ccccc4)(c4ccccc4)c4ccccc4-5)cc3)cc2)cc1.c1ccc(-c2ccc(N(c3ccc(-c4ccc5c(c4)C(c4ccccc4)(c4ccccc4)c4ccccc4-5)cc3)c3ccc4c(c3)-c3ccccc3C4(c3ccccc3)c3ccccc3)cc2)cc1. The summed E-state index contributed by atoms with van der Waals surface area (Å²) in [6, 6.07) is 209. The Morgan fingerprint density at radius 2 is 0.353 bits per heavy atom. The molecule has 0 spiro atoms. The van der Waals surface area contributed by atoms with E-state index in [-0.39, 0.29) is 10.8 Å². The fraction of sp³-hybridized carbons (Fsp3) is 0.0365. The van der Waals surface area contributed by atoms with E-state index >= 15 is 0 Å². The zero-order chi connectivity index (χ0) is 92.7. The Bertz CT molecular complexity index is 8020. The zero-order valence-electron chi connectivity index (χ0n) is 76.8. The molecule has 656 valence electrons. The molecule has 22 aromatic rings. The van der Waals surface area contributed by atoms with Crippen molar-refractivity contribution in [2.75, 3.05) is 4.90 Å². The second-order valence-corrected chi connectivity index (χ2v) is 37.7. The van der Waals surface area contributed by atoms with E-state index < -0.39 is 10.8 Å². The molecule has 0 fully saturated rings. The normalized spacial score (nSPS) is 13.3. The van der Waals surface area contributed by atoms with Gasteiger partial charge in [-0.1, -0.05) is 526 Å². The van der Waals surface area contributed by atoms with Gasteiger partial charge < -0.3 is 4.90 Å². The van der Waals surface area contributed by atoms with Crippen molar-refractivity contribution in [3.63, 3.8) is 0 Å². The van der Waals surface area contributed by atoms with Crippen LogP contribution in [0.1, 0.15) is 100 Å². The van der Waals surface area contributed by atoms with E-state index in [9.17, 15) is 0 Å². The smallest absolute Gasteiger partial charge is 0.0713 e. The second-order valence-electron chi connectivity index (χ2n) is 36.8. The Labute approximate surface area is 823 Å². The molecule has 26 rings (SSSR count). The molecular formula is C137H96BrN. The lowest BCUT2D eigenvalue weighted by molar-refractivity contribution is 0.768. The molecule has 0 aromatic heterocycles. The third-order valence-corrected chi connectivity index (χ3v) is 30.0. The predicted octanol–water partition coefficient (Wildman–Crippen LogP) is 35.0. The maximum atomic E-state index is 3.67. The predicted molar refractivity (Wildman–Crippen MR) is 582 cm³/mol. The lowest BCUT2D eigenvalue weighted by Crippen LogP contribution is -2.28. The number of hydrogen-bond acceptors (Lipinski definition) is 1. The first-order valence-electron chi connectivity index (χ1n) is 48.2. The van der Waals surface area contributed by atoms with Gasteiger partial charge in [0.2, 0.25) is 0 Å².